The van der Waals surface area contributed by atoms with Gasteiger partial charge in [-0.25, -0.2) is 0 Å². The first-order valence-corrected chi connectivity index (χ1v) is 48.0. The van der Waals surface area contributed by atoms with E-state index < -0.39 is 476 Å². The molecule has 6 amide bonds. The Kier molecular flexibility index (Phi) is 44.4. The van der Waals surface area contributed by atoms with E-state index in [1.54, 1.807) is 0 Å². The molecule has 0 saturated carbocycles. The number of rotatable bonds is 39. The van der Waals surface area contributed by atoms with Gasteiger partial charge >= 0.3 is 0 Å². The van der Waals surface area contributed by atoms with Crippen LogP contribution in [0.5, 0.6) is 0 Å². The van der Waals surface area contributed by atoms with Gasteiger partial charge in [0.05, 0.1) is 78.8 Å². The Morgan fingerprint density at radius 1 is 0.187 bits per heavy atom. The Morgan fingerprint density at radius 3 is 0.820 bits per heavy atom. The number of hydrogen-bond donors (Lipinski definition) is 37. The van der Waals surface area contributed by atoms with Crippen molar-refractivity contribution in [2.24, 2.45) is 0 Å². The third kappa shape index (κ3) is 27.7. The van der Waals surface area contributed by atoms with Crippen LogP contribution in [0.2, 0.25) is 0 Å². The van der Waals surface area contributed by atoms with Crippen LogP contribution < -0.4 is 31.9 Å². The van der Waals surface area contributed by atoms with Crippen molar-refractivity contribution < 1.29 is 296 Å². The van der Waals surface area contributed by atoms with Gasteiger partial charge in [0.1, 0.15) is 287 Å². The molecule has 12 heterocycles. The van der Waals surface area contributed by atoms with E-state index in [2.05, 4.69) is 31.9 Å². The molecule has 150 heavy (non-hydrogen) atoms. The van der Waals surface area contributed by atoms with E-state index in [4.69, 9.17) is 109 Å². The van der Waals surface area contributed by atoms with E-state index in [9.17, 15) is 187 Å². The summed E-state index contributed by atoms with van der Waals surface area (Å²) in [4.78, 5) is 78.5. The quantitative estimate of drug-likeness (QED) is 0.0272. The SMILES string of the molecule is CC(=O)N[C@@H]1[C@@H](O)[C@H](O[C@@H]2O[C@H](CO)[C@@H](O[C@@H]3O[C@H](CO[C@H]4O[C@H](CO[C@@H]5O[C@H](CO)[C@@H](O)[C@H](O)[C@H]5NC(C)=O)[C@@H](O)[C@H](O)[C@@H]4O[C@@H]4O[C@H](CO)[C@@H](O)[C@H](O)[C@H]4NC(C)=O)[C@@H](O)[C@H](O[C@H]4O[C@H](CO)[C@@H](O[C@@H]5O[C@H](CO)[C@@H](O[C@@H]6O[C@H](CO)[C@H](O)[C@H](O)[C@H]6O)[C@H](O)[C@H]5NC(C)=O)[C@H](O)[C@@H]4O[C@@H]4O[C@H](CO)[C@@H](O[C@@H]5O[C@H](CO)[C@H](O)[C@H](O)[C@H]5O)[C@H](O)[C@H]4NC(C)=O)[C@@H]3O)[C@H](O)[C@H]2NC(C)=O)[C@@H](CO[C@@H]2O[C@@H](C)[C@@H](O)[C@H](O)[C@@H]2O)O[C@H]1O. The fourth-order valence-electron chi connectivity index (χ4n) is 19.5. The van der Waals surface area contributed by atoms with Gasteiger partial charge in [-0.05, 0) is 6.92 Å². The Bertz CT molecular complexity index is 4240. The smallest absolute Gasteiger partial charge is 0.217 e. The number of carbonyl (C=O) groups excluding carboxylic acids is 6. The van der Waals surface area contributed by atoms with Gasteiger partial charge in [-0.3, -0.25) is 28.8 Å². The minimum Gasteiger partial charge on any atom is -0.394 e. The summed E-state index contributed by atoms with van der Waals surface area (Å²) in [5.74, 6) is -5.90. The predicted octanol–water partition coefficient (Wildman–Crippen LogP) is -25.3. The molecule has 866 valence electrons. The van der Waals surface area contributed by atoms with Gasteiger partial charge in [-0.2, -0.15) is 0 Å². The molecular weight excluding hydrogens is 2050 g/mol. The highest BCUT2D eigenvalue weighted by Crippen LogP contribution is 2.43. The van der Waals surface area contributed by atoms with Crippen LogP contribution in [-0.4, -0.2) is 635 Å². The van der Waals surface area contributed by atoms with E-state index in [1.165, 1.54) is 6.92 Å². The van der Waals surface area contributed by atoms with Crippen molar-refractivity contribution in [3.63, 3.8) is 0 Å². The van der Waals surface area contributed by atoms with Gasteiger partial charge < -0.3 is 299 Å². The summed E-state index contributed by atoms with van der Waals surface area (Å²) >= 11 is 0. The maximum atomic E-state index is 13.6. The molecule has 37 N–H and O–H groups in total. The fourth-order valence-corrected chi connectivity index (χ4v) is 19.5. The molecule has 12 fully saturated rings. The van der Waals surface area contributed by atoms with Crippen molar-refractivity contribution in [2.75, 3.05) is 72.7 Å². The summed E-state index contributed by atoms with van der Waals surface area (Å²) < 4.78 is 140. The van der Waals surface area contributed by atoms with E-state index in [0.29, 0.717) is 0 Å². The zero-order valence-corrected chi connectivity index (χ0v) is 81.1. The highest BCUT2D eigenvalue weighted by molar-refractivity contribution is 5.75. The third-order valence-electron chi connectivity index (χ3n) is 27.4. The molecular formula is C84H140N6O60. The maximum Gasteiger partial charge on any atom is 0.217 e. The summed E-state index contributed by atoms with van der Waals surface area (Å²) in [6.07, 6.45) is -118. The average molecular weight is 2190 g/mol. The van der Waals surface area contributed by atoms with Crippen molar-refractivity contribution >= 4 is 35.4 Å². The molecule has 12 rings (SSSR count). The maximum absolute atomic E-state index is 13.6. The van der Waals surface area contributed by atoms with Crippen LogP contribution >= 0.6 is 0 Å². The lowest BCUT2D eigenvalue weighted by molar-refractivity contribution is -0.406. The van der Waals surface area contributed by atoms with Crippen LogP contribution in [0.15, 0.2) is 0 Å². The first-order valence-electron chi connectivity index (χ1n) is 48.0. The Morgan fingerprint density at radius 2 is 0.427 bits per heavy atom. The molecule has 12 saturated heterocycles. The Labute approximate surface area is 849 Å². The van der Waals surface area contributed by atoms with Gasteiger partial charge in [-0.1, -0.05) is 0 Å². The highest BCUT2D eigenvalue weighted by Gasteiger charge is 2.64. The molecule has 60 atom stereocenters. The van der Waals surface area contributed by atoms with Crippen molar-refractivity contribution in [1.82, 2.24) is 31.9 Å². The van der Waals surface area contributed by atoms with Gasteiger partial charge in [0, 0.05) is 41.5 Å². The summed E-state index contributed by atoms with van der Waals surface area (Å²) in [6, 6.07) is -11.9. The summed E-state index contributed by atoms with van der Waals surface area (Å²) in [7, 11) is 0. The predicted molar refractivity (Wildman–Crippen MR) is 463 cm³/mol. The number of carbonyl (C=O) groups is 6. The van der Waals surface area contributed by atoms with Crippen molar-refractivity contribution in [1.29, 1.82) is 0 Å². The number of hydrogen-bond acceptors (Lipinski definition) is 60. The fraction of sp³-hybridized carbons (Fsp3) is 0.929. The number of aliphatic hydroxyl groups is 31. The van der Waals surface area contributed by atoms with Crippen LogP contribution in [0.1, 0.15) is 48.5 Å². The summed E-state index contributed by atoms with van der Waals surface area (Å²) in [6.45, 7) is -6.20. The molecule has 0 aromatic carbocycles. The molecule has 0 aliphatic carbocycles. The molecule has 0 spiro atoms. The minimum atomic E-state index is -2.84. The van der Waals surface area contributed by atoms with Crippen molar-refractivity contribution in [3.05, 3.63) is 0 Å². The molecule has 66 heteroatoms. The van der Waals surface area contributed by atoms with Gasteiger partial charge in [0.2, 0.25) is 35.4 Å². The zero-order chi connectivity index (χ0) is 110. The number of amides is 6. The van der Waals surface area contributed by atoms with Crippen molar-refractivity contribution in [3.8, 4) is 0 Å². The van der Waals surface area contributed by atoms with E-state index in [0.717, 1.165) is 41.5 Å². The molecule has 0 aromatic rings. The Hall–Kier alpha value is -5.34. The first kappa shape index (κ1) is 123. The highest BCUT2D eigenvalue weighted by atomic mass is 16.8. The molecule has 0 unspecified atom stereocenters. The molecule has 12 aliphatic rings. The summed E-state index contributed by atoms with van der Waals surface area (Å²) in [5, 5.41) is 368. The van der Waals surface area contributed by atoms with Gasteiger partial charge in [0.15, 0.2) is 75.5 Å². The number of ether oxygens (including phenoxy) is 23. The van der Waals surface area contributed by atoms with Gasteiger partial charge in [0.25, 0.3) is 0 Å². The molecule has 66 nitrogen and oxygen atoms in total. The lowest BCUT2D eigenvalue weighted by atomic mass is 9.93. The van der Waals surface area contributed by atoms with E-state index in [-0.39, 0.29) is 0 Å². The summed E-state index contributed by atoms with van der Waals surface area (Å²) in [5.41, 5.74) is 0. The monoisotopic (exact) mass is 2190 g/mol. The van der Waals surface area contributed by atoms with Crippen LogP contribution in [0, 0.1) is 0 Å². The van der Waals surface area contributed by atoms with Crippen LogP contribution in [0.25, 0.3) is 0 Å². The molecule has 0 aromatic heterocycles. The second-order valence-electron chi connectivity index (χ2n) is 38.1. The normalized spacial score (nSPS) is 48.8. The minimum absolute atomic E-state index is 0.852. The van der Waals surface area contributed by atoms with E-state index in [1.807, 2.05) is 0 Å². The second-order valence-corrected chi connectivity index (χ2v) is 38.1. The number of nitrogens with one attached hydrogen (secondary N) is 6. The molecule has 0 bridgehead atoms. The topological polar surface area (TPSA) is 1010 Å². The average Bonchev–Trinajstić information content (AvgIpc) is 0.751. The lowest BCUT2D eigenvalue weighted by Gasteiger charge is -2.52. The van der Waals surface area contributed by atoms with Crippen LogP contribution in [-0.2, 0) is 138 Å². The van der Waals surface area contributed by atoms with Crippen LogP contribution in [0.3, 0.4) is 0 Å². The van der Waals surface area contributed by atoms with Crippen LogP contribution in [0.4, 0.5) is 0 Å². The largest absolute Gasteiger partial charge is 0.394 e. The van der Waals surface area contributed by atoms with Crippen molar-refractivity contribution in [2.45, 2.75) is 417 Å². The third-order valence-corrected chi connectivity index (χ3v) is 27.4. The lowest BCUT2D eigenvalue weighted by Crippen LogP contribution is -2.71. The Balaban J connectivity index is 0.954. The molecule has 0 radical (unpaired) electrons. The second kappa shape index (κ2) is 54.0. The van der Waals surface area contributed by atoms with E-state index >= 15 is 0 Å². The number of aliphatic hydroxyl groups excluding tert-OH is 31. The van der Waals surface area contributed by atoms with Gasteiger partial charge in [-0.15, -0.1) is 0 Å². The standard InChI is InChI=1S/C84H140N6O60/c1-19-43(105)56(118)60(122)79(131-19)129-18-36-69(52(114)37(73(127)132-36)85-20(2)99)144-77-41(89-24(6)103)54(116)67(32(14-97)138-77)147-82-64(126)70(49(111)35(141-82)17-130-83-71(149-75-39(87-22(4)101)51(113)45(107)27(9-92)134-75)59(121)48(110)34(142-83)16-128-74-38(86-21(3)100)50(112)44(106)26(8-91)133-74)148-84-72(150-78-42(90-25(7)104)55(117)66(31(13-96)139-78)146-81-62(124)58(120)47(109)29(11-94)136-81)63(125)68(33(15-98)140-84)143-76-40(88-23(5)102)53(115)65(30(12-95)137-76)145-80-61(123)57(119)46(108)28(10-93)135-80/h19,26-84,91-98,105-127H,8-18H2,1-7H3,(H,85,99)(H,86,100)(H,87,101)(H,88,102)(H,89,103)(H,90,104)/t19-,26+,27+,28+,29+,30+,31+,32+,33+,34+,35+,36+,37+,38+,39+,40+,41+,42+,43+,44+,45+,46-,47-,48+,49+,50+,51+,52+,53+,54+,55+,56-,57-,58-,59-,60-,61+,62+,63-,64-,65+,66+,67+,68+,69+,70-,71-,72-,73+,74+,75-,76-,77-,78-,79+,80-,81-,82-,83-,84+/m0/s1. The zero-order valence-electron chi connectivity index (χ0n) is 81.1. The molecule has 12 aliphatic heterocycles. The first-order chi connectivity index (χ1) is 70.9.